The molecule has 108 valence electrons. The summed E-state index contributed by atoms with van der Waals surface area (Å²) in [6, 6.07) is 4.26. The SMILES string of the molecule is CN(Cc1cccnc1)C(=O)CC1CCCN1.Cl.Cl. The predicted molar refractivity (Wildman–Crippen MR) is 80.8 cm³/mol. The monoisotopic (exact) mass is 305 g/mol. The molecule has 1 saturated heterocycles. The fourth-order valence-corrected chi connectivity index (χ4v) is 2.15. The van der Waals surface area contributed by atoms with Gasteiger partial charge in [0.15, 0.2) is 0 Å². The topological polar surface area (TPSA) is 45.2 Å². The highest BCUT2D eigenvalue weighted by Crippen LogP contribution is 2.11. The van der Waals surface area contributed by atoms with Crippen LogP contribution in [0, 0.1) is 0 Å². The first kappa shape index (κ1) is 18.2. The summed E-state index contributed by atoms with van der Waals surface area (Å²) in [6.07, 6.45) is 6.46. The van der Waals surface area contributed by atoms with E-state index >= 15 is 0 Å². The number of nitrogens with zero attached hydrogens (tertiary/aromatic N) is 2. The van der Waals surface area contributed by atoms with Gasteiger partial charge < -0.3 is 10.2 Å². The van der Waals surface area contributed by atoms with Gasteiger partial charge in [0.2, 0.25) is 5.91 Å². The van der Waals surface area contributed by atoms with Gasteiger partial charge in [-0.15, -0.1) is 24.8 Å². The van der Waals surface area contributed by atoms with Crippen LogP contribution in [0.5, 0.6) is 0 Å². The third-order valence-corrected chi connectivity index (χ3v) is 3.15. The molecular weight excluding hydrogens is 285 g/mol. The maximum absolute atomic E-state index is 12.0. The van der Waals surface area contributed by atoms with Gasteiger partial charge >= 0.3 is 0 Å². The Morgan fingerprint density at radius 1 is 1.53 bits per heavy atom. The lowest BCUT2D eigenvalue weighted by atomic mass is 10.1. The number of halogens is 2. The summed E-state index contributed by atoms with van der Waals surface area (Å²) in [7, 11) is 1.85. The lowest BCUT2D eigenvalue weighted by molar-refractivity contribution is -0.130. The fraction of sp³-hybridized carbons (Fsp3) is 0.538. The predicted octanol–water partition coefficient (Wildman–Crippen LogP) is 2.03. The van der Waals surface area contributed by atoms with Crippen molar-refractivity contribution in [2.45, 2.75) is 31.8 Å². The first-order chi connectivity index (χ1) is 8.25. The first-order valence-electron chi connectivity index (χ1n) is 6.12. The second kappa shape index (κ2) is 9.13. The van der Waals surface area contributed by atoms with Crippen LogP contribution in [0.4, 0.5) is 0 Å². The molecule has 0 bridgehead atoms. The van der Waals surface area contributed by atoms with Gasteiger partial charge in [-0.05, 0) is 31.0 Å². The zero-order valence-corrected chi connectivity index (χ0v) is 12.7. The maximum atomic E-state index is 12.0. The van der Waals surface area contributed by atoms with Crippen molar-refractivity contribution in [1.82, 2.24) is 15.2 Å². The lowest BCUT2D eigenvalue weighted by Crippen LogP contribution is -2.33. The first-order valence-corrected chi connectivity index (χ1v) is 6.12. The van der Waals surface area contributed by atoms with E-state index in [-0.39, 0.29) is 30.7 Å². The largest absolute Gasteiger partial charge is 0.341 e. The van der Waals surface area contributed by atoms with E-state index in [1.807, 2.05) is 19.2 Å². The number of pyridine rings is 1. The minimum absolute atomic E-state index is 0. The molecular formula is C13H21Cl2N3O. The Morgan fingerprint density at radius 3 is 2.89 bits per heavy atom. The molecule has 1 N–H and O–H groups in total. The molecule has 1 unspecified atom stereocenters. The van der Waals surface area contributed by atoms with Crippen LogP contribution in [0.3, 0.4) is 0 Å². The fourth-order valence-electron chi connectivity index (χ4n) is 2.15. The molecule has 1 amide bonds. The van der Waals surface area contributed by atoms with E-state index in [1.54, 1.807) is 17.3 Å². The minimum atomic E-state index is 0. The molecule has 0 radical (unpaired) electrons. The average Bonchev–Trinajstić information content (AvgIpc) is 2.83. The summed E-state index contributed by atoms with van der Waals surface area (Å²) in [5, 5.41) is 3.35. The third kappa shape index (κ3) is 5.76. The van der Waals surface area contributed by atoms with Crippen LogP contribution in [-0.2, 0) is 11.3 Å². The van der Waals surface area contributed by atoms with Gasteiger partial charge in [-0.3, -0.25) is 9.78 Å². The molecule has 1 aliphatic heterocycles. The highest BCUT2D eigenvalue weighted by molar-refractivity contribution is 5.85. The minimum Gasteiger partial charge on any atom is -0.341 e. The molecule has 1 fully saturated rings. The van der Waals surface area contributed by atoms with Crippen LogP contribution < -0.4 is 5.32 Å². The lowest BCUT2D eigenvalue weighted by Gasteiger charge is -2.19. The van der Waals surface area contributed by atoms with Gasteiger partial charge in [0, 0.05) is 38.4 Å². The molecule has 19 heavy (non-hydrogen) atoms. The summed E-state index contributed by atoms with van der Waals surface area (Å²) in [5.74, 6) is 0.202. The Hall–Kier alpha value is -0.840. The number of aromatic nitrogens is 1. The van der Waals surface area contributed by atoms with Crippen LogP contribution in [0.25, 0.3) is 0 Å². The molecule has 6 heteroatoms. The quantitative estimate of drug-likeness (QED) is 0.926. The Balaban J connectivity index is 0.00000162. The van der Waals surface area contributed by atoms with E-state index in [1.165, 1.54) is 6.42 Å². The summed E-state index contributed by atoms with van der Waals surface area (Å²) >= 11 is 0. The van der Waals surface area contributed by atoms with Gasteiger partial charge in [0.25, 0.3) is 0 Å². The van der Waals surface area contributed by atoms with E-state index < -0.39 is 0 Å². The molecule has 0 aliphatic carbocycles. The maximum Gasteiger partial charge on any atom is 0.224 e. The third-order valence-electron chi connectivity index (χ3n) is 3.15. The zero-order chi connectivity index (χ0) is 12.1. The van der Waals surface area contributed by atoms with Crippen molar-refractivity contribution >= 4 is 30.7 Å². The molecule has 0 aromatic carbocycles. The molecule has 1 aromatic heterocycles. The molecule has 2 heterocycles. The standard InChI is InChI=1S/C13H19N3O.2ClH/c1-16(10-11-4-2-6-14-9-11)13(17)8-12-5-3-7-15-12;;/h2,4,6,9,12,15H,3,5,7-8,10H2,1H3;2*1H. The van der Waals surface area contributed by atoms with Crippen molar-refractivity contribution in [3.05, 3.63) is 30.1 Å². The number of nitrogens with one attached hydrogen (secondary N) is 1. The van der Waals surface area contributed by atoms with Gasteiger partial charge in [0.1, 0.15) is 0 Å². The van der Waals surface area contributed by atoms with Crippen LogP contribution in [-0.4, -0.2) is 35.4 Å². The van der Waals surface area contributed by atoms with E-state index in [0.717, 1.165) is 18.5 Å². The molecule has 0 spiro atoms. The van der Waals surface area contributed by atoms with Gasteiger partial charge in [-0.1, -0.05) is 6.07 Å². The Labute approximate surface area is 126 Å². The Bertz CT molecular complexity index is 369. The van der Waals surface area contributed by atoms with Crippen molar-refractivity contribution < 1.29 is 4.79 Å². The number of hydrogen-bond acceptors (Lipinski definition) is 3. The normalized spacial score (nSPS) is 17.2. The van der Waals surface area contributed by atoms with Gasteiger partial charge in [0.05, 0.1) is 0 Å². The van der Waals surface area contributed by atoms with E-state index in [4.69, 9.17) is 0 Å². The Morgan fingerprint density at radius 2 is 2.32 bits per heavy atom. The molecule has 0 saturated carbocycles. The molecule has 1 aliphatic rings. The van der Waals surface area contributed by atoms with E-state index in [9.17, 15) is 4.79 Å². The molecule has 2 rings (SSSR count). The van der Waals surface area contributed by atoms with Gasteiger partial charge in [-0.2, -0.15) is 0 Å². The number of amides is 1. The molecule has 1 atom stereocenters. The second-order valence-electron chi connectivity index (χ2n) is 4.61. The zero-order valence-electron chi connectivity index (χ0n) is 11.0. The highest BCUT2D eigenvalue weighted by atomic mass is 35.5. The van der Waals surface area contributed by atoms with Crippen molar-refractivity contribution in [2.24, 2.45) is 0 Å². The average molecular weight is 306 g/mol. The van der Waals surface area contributed by atoms with E-state index in [0.29, 0.717) is 19.0 Å². The smallest absolute Gasteiger partial charge is 0.224 e. The van der Waals surface area contributed by atoms with Crippen molar-refractivity contribution in [3.63, 3.8) is 0 Å². The van der Waals surface area contributed by atoms with Crippen LogP contribution in [0.1, 0.15) is 24.8 Å². The highest BCUT2D eigenvalue weighted by Gasteiger charge is 2.19. The summed E-state index contributed by atoms with van der Waals surface area (Å²) in [6.45, 7) is 1.68. The van der Waals surface area contributed by atoms with Crippen LogP contribution in [0.15, 0.2) is 24.5 Å². The number of carbonyl (C=O) groups is 1. The molecule has 1 aromatic rings. The van der Waals surface area contributed by atoms with Gasteiger partial charge in [-0.25, -0.2) is 0 Å². The summed E-state index contributed by atoms with van der Waals surface area (Å²) in [4.78, 5) is 17.8. The summed E-state index contributed by atoms with van der Waals surface area (Å²) in [5.41, 5.74) is 1.07. The summed E-state index contributed by atoms with van der Waals surface area (Å²) < 4.78 is 0. The Kier molecular flexibility index (Phi) is 8.72. The number of rotatable bonds is 4. The van der Waals surface area contributed by atoms with Crippen molar-refractivity contribution in [1.29, 1.82) is 0 Å². The van der Waals surface area contributed by atoms with Crippen LogP contribution >= 0.6 is 24.8 Å². The number of hydrogen-bond donors (Lipinski definition) is 1. The van der Waals surface area contributed by atoms with Crippen molar-refractivity contribution in [3.8, 4) is 0 Å². The van der Waals surface area contributed by atoms with Crippen molar-refractivity contribution in [2.75, 3.05) is 13.6 Å². The van der Waals surface area contributed by atoms with E-state index in [2.05, 4.69) is 10.3 Å². The van der Waals surface area contributed by atoms with Crippen LogP contribution in [0.2, 0.25) is 0 Å². The second-order valence-corrected chi connectivity index (χ2v) is 4.61. The molecule has 4 nitrogen and oxygen atoms in total. The number of carbonyl (C=O) groups excluding carboxylic acids is 1.